The van der Waals surface area contributed by atoms with Crippen LogP contribution in [0.3, 0.4) is 0 Å². The van der Waals surface area contributed by atoms with Crippen LogP contribution in [0.25, 0.3) is 0 Å². The number of amides is 1. The predicted molar refractivity (Wildman–Crippen MR) is 87.9 cm³/mol. The summed E-state index contributed by atoms with van der Waals surface area (Å²) in [5, 5.41) is 2.81. The van der Waals surface area contributed by atoms with Crippen LogP contribution in [0.4, 0.5) is 0 Å². The van der Waals surface area contributed by atoms with Gasteiger partial charge in [-0.05, 0) is 46.0 Å². The van der Waals surface area contributed by atoms with Crippen LogP contribution in [-0.2, 0) is 0 Å². The minimum atomic E-state index is -0.112. The fourth-order valence-corrected chi connectivity index (χ4v) is 3.48. The van der Waals surface area contributed by atoms with Gasteiger partial charge in [0, 0.05) is 15.5 Å². The monoisotopic (exact) mass is 409 g/mol. The van der Waals surface area contributed by atoms with E-state index in [1.54, 1.807) is 6.07 Å². The first-order valence-corrected chi connectivity index (χ1v) is 8.08. The molecular weight excluding hydrogens is 393 g/mol. The number of benzene rings is 1. The third-order valence-electron chi connectivity index (χ3n) is 2.49. The van der Waals surface area contributed by atoms with Gasteiger partial charge in [0.15, 0.2) is 0 Å². The lowest BCUT2D eigenvalue weighted by atomic mass is 9.90. The van der Waals surface area contributed by atoms with E-state index in [9.17, 15) is 4.79 Å². The first-order valence-electron chi connectivity index (χ1n) is 6.06. The van der Waals surface area contributed by atoms with Crippen molar-refractivity contribution in [1.82, 2.24) is 5.32 Å². The summed E-state index contributed by atoms with van der Waals surface area (Å²) in [5.41, 5.74) is 0.776. The highest BCUT2D eigenvalue weighted by molar-refractivity contribution is 9.11. The van der Waals surface area contributed by atoms with Gasteiger partial charge in [0.2, 0.25) is 0 Å². The molecule has 1 rings (SSSR count). The molecule has 0 spiro atoms. The summed E-state index contributed by atoms with van der Waals surface area (Å²) in [5.74, 6) is -0.112. The van der Waals surface area contributed by atoms with Crippen LogP contribution in [0, 0.1) is 5.41 Å². The second-order valence-corrected chi connectivity index (χ2v) is 8.08. The van der Waals surface area contributed by atoms with Gasteiger partial charge in [-0.25, -0.2) is 0 Å². The summed E-state index contributed by atoms with van der Waals surface area (Å²) in [6, 6.07) is 5.46. The van der Waals surface area contributed by atoms with E-state index in [1.165, 1.54) is 0 Å². The molecule has 0 saturated heterocycles. The maximum atomic E-state index is 12.0. The first kappa shape index (κ1) is 17.0. The summed E-state index contributed by atoms with van der Waals surface area (Å²) in [6.45, 7) is 6.88. The van der Waals surface area contributed by atoms with Gasteiger partial charge in [-0.3, -0.25) is 4.79 Å². The smallest absolute Gasteiger partial charge is 0.252 e. The van der Waals surface area contributed by atoms with E-state index in [4.69, 9.17) is 11.6 Å². The zero-order valence-corrected chi connectivity index (χ0v) is 15.2. The SMILES string of the molecule is CC(C)(C)CC(Cl)CNC(=O)c1ccc(Br)cc1Br. The summed E-state index contributed by atoms with van der Waals surface area (Å²) in [6.07, 6.45) is 0.857. The Labute approximate surface area is 136 Å². The molecule has 1 N–H and O–H groups in total. The molecule has 2 nitrogen and oxygen atoms in total. The summed E-state index contributed by atoms with van der Waals surface area (Å²) >= 11 is 13.0. The molecule has 0 radical (unpaired) electrons. The fourth-order valence-electron chi connectivity index (χ4n) is 1.71. The topological polar surface area (TPSA) is 29.1 Å². The standard InChI is InChI=1S/C14H18Br2ClNO/c1-14(2,3)7-10(17)8-18-13(19)11-5-4-9(15)6-12(11)16/h4-6,10H,7-8H2,1-3H3,(H,18,19). The van der Waals surface area contributed by atoms with Crippen molar-refractivity contribution in [1.29, 1.82) is 0 Å². The van der Waals surface area contributed by atoms with Gasteiger partial charge in [-0.1, -0.05) is 36.7 Å². The van der Waals surface area contributed by atoms with E-state index in [0.717, 1.165) is 15.4 Å². The van der Waals surface area contributed by atoms with Crippen molar-refractivity contribution in [3.8, 4) is 0 Å². The number of hydrogen-bond acceptors (Lipinski definition) is 1. The van der Waals surface area contributed by atoms with Gasteiger partial charge in [-0.15, -0.1) is 11.6 Å². The molecule has 0 aromatic heterocycles. The van der Waals surface area contributed by atoms with Crippen molar-refractivity contribution in [3.05, 3.63) is 32.7 Å². The minimum Gasteiger partial charge on any atom is -0.351 e. The molecule has 0 bridgehead atoms. The van der Waals surface area contributed by atoms with E-state index < -0.39 is 0 Å². The Balaban J connectivity index is 2.56. The normalized spacial score (nSPS) is 13.2. The second kappa shape index (κ2) is 7.09. The lowest BCUT2D eigenvalue weighted by molar-refractivity contribution is 0.0951. The molecule has 1 atom stereocenters. The molecule has 1 amide bonds. The summed E-state index contributed by atoms with van der Waals surface area (Å²) < 4.78 is 1.69. The molecule has 1 unspecified atom stereocenters. The average molecular weight is 412 g/mol. The third-order valence-corrected chi connectivity index (χ3v) is 3.95. The van der Waals surface area contributed by atoms with E-state index in [-0.39, 0.29) is 16.7 Å². The van der Waals surface area contributed by atoms with E-state index in [1.807, 2.05) is 12.1 Å². The lowest BCUT2D eigenvalue weighted by Gasteiger charge is -2.22. The van der Waals surface area contributed by atoms with Crippen LogP contribution in [0.5, 0.6) is 0 Å². The van der Waals surface area contributed by atoms with Crippen LogP contribution in [-0.4, -0.2) is 17.8 Å². The number of carbonyl (C=O) groups excluding carboxylic acids is 1. The third kappa shape index (κ3) is 6.28. The maximum Gasteiger partial charge on any atom is 0.252 e. The zero-order valence-electron chi connectivity index (χ0n) is 11.3. The van der Waals surface area contributed by atoms with E-state index in [2.05, 4.69) is 57.9 Å². The number of rotatable bonds is 4. The van der Waals surface area contributed by atoms with Crippen molar-refractivity contribution in [2.24, 2.45) is 5.41 Å². The molecule has 0 aliphatic carbocycles. The minimum absolute atomic E-state index is 0.0572. The Morgan fingerprint density at radius 3 is 2.53 bits per heavy atom. The number of carbonyl (C=O) groups is 1. The van der Waals surface area contributed by atoms with Crippen LogP contribution in [0.1, 0.15) is 37.6 Å². The Morgan fingerprint density at radius 2 is 2.00 bits per heavy atom. The van der Waals surface area contributed by atoms with Crippen LogP contribution in [0.2, 0.25) is 0 Å². The van der Waals surface area contributed by atoms with E-state index >= 15 is 0 Å². The highest BCUT2D eigenvalue weighted by Gasteiger charge is 2.18. The number of alkyl halides is 1. The van der Waals surface area contributed by atoms with Gasteiger partial charge >= 0.3 is 0 Å². The highest BCUT2D eigenvalue weighted by Crippen LogP contribution is 2.24. The summed E-state index contributed by atoms with van der Waals surface area (Å²) in [7, 11) is 0. The molecule has 5 heteroatoms. The molecule has 0 aliphatic heterocycles. The van der Waals surface area contributed by atoms with Crippen molar-refractivity contribution in [2.45, 2.75) is 32.6 Å². The number of nitrogens with one attached hydrogen (secondary N) is 1. The molecule has 1 aromatic rings. The predicted octanol–water partition coefficient (Wildman–Crippen LogP) is 4.99. The molecule has 19 heavy (non-hydrogen) atoms. The Bertz CT molecular complexity index is 457. The highest BCUT2D eigenvalue weighted by atomic mass is 79.9. The van der Waals surface area contributed by atoms with Crippen molar-refractivity contribution >= 4 is 49.4 Å². The number of hydrogen-bond donors (Lipinski definition) is 1. The first-order chi connectivity index (χ1) is 8.69. The quantitative estimate of drug-likeness (QED) is 0.695. The van der Waals surface area contributed by atoms with Gasteiger partial charge in [0.25, 0.3) is 5.91 Å². The lowest BCUT2D eigenvalue weighted by Crippen LogP contribution is -2.31. The molecule has 1 aromatic carbocycles. The van der Waals surface area contributed by atoms with Crippen LogP contribution >= 0.6 is 43.5 Å². The van der Waals surface area contributed by atoms with Crippen LogP contribution in [0.15, 0.2) is 27.1 Å². The van der Waals surface area contributed by atoms with Crippen LogP contribution < -0.4 is 5.32 Å². The van der Waals surface area contributed by atoms with Crippen molar-refractivity contribution < 1.29 is 4.79 Å². The fraction of sp³-hybridized carbons (Fsp3) is 0.500. The summed E-state index contributed by atoms with van der Waals surface area (Å²) in [4.78, 5) is 12.0. The Kier molecular flexibility index (Phi) is 6.34. The second-order valence-electron chi connectivity index (χ2n) is 5.70. The van der Waals surface area contributed by atoms with Gasteiger partial charge < -0.3 is 5.32 Å². The van der Waals surface area contributed by atoms with Gasteiger partial charge in [0.05, 0.1) is 10.9 Å². The van der Waals surface area contributed by atoms with Crippen molar-refractivity contribution in [3.63, 3.8) is 0 Å². The zero-order chi connectivity index (χ0) is 14.6. The van der Waals surface area contributed by atoms with Gasteiger partial charge in [0.1, 0.15) is 0 Å². The molecule has 0 heterocycles. The molecular formula is C14H18Br2ClNO. The average Bonchev–Trinajstić information content (AvgIpc) is 2.23. The number of halogens is 3. The molecule has 0 fully saturated rings. The maximum absolute atomic E-state index is 12.0. The Hall–Kier alpha value is -0.0600. The van der Waals surface area contributed by atoms with E-state index in [0.29, 0.717) is 12.1 Å². The molecule has 0 aliphatic rings. The largest absolute Gasteiger partial charge is 0.351 e. The Morgan fingerprint density at radius 1 is 1.37 bits per heavy atom. The van der Waals surface area contributed by atoms with Gasteiger partial charge in [-0.2, -0.15) is 0 Å². The van der Waals surface area contributed by atoms with Crippen molar-refractivity contribution in [2.75, 3.05) is 6.54 Å². The molecule has 0 saturated carbocycles. The molecule has 106 valence electrons.